The average molecular weight is 317 g/mol. The summed E-state index contributed by atoms with van der Waals surface area (Å²) in [6, 6.07) is 7.23. The molecule has 2 unspecified atom stereocenters. The van der Waals surface area contributed by atoms with Crippen molar-refractivity contribution in [3.8, 4) is 0 Å². The molecule has 1 aliphatic rings. The molecule has 0 spiro atoms. The quantitative estimate of drug-likeness (QED) is 0.798. The summed E-state index contributed by atoms with van der Waals surface area (Å²) >= 11 is 0. The molecule has 4 N–H and O–H groups in total. The summed E-state index contributed by atoms with van der Waals surface area (Å²) < 4.78 is 0. The number of benzene rings is 1. The molecule has 5 nitrogen and oxygen atoms in total. The van der Waals surface area contributed by atoms with Gasteiger partial charge in [-0.1, -0.05) is 39.3 Å². The van der Waals surface area contributed by atoms with Crippen LogP contribution in [0.5, 0.6) is 0 Å². The van der Waals surface area contributed by atoms with Gasteiger partial charge in [0.05, 0.1) is 11.3 Å². The minimum Gasteiger partial charge on any atom is -0.349 e. The highest BCUT2D eigenvalue weighted by atomic mass is 16.2. The number of para-hydroxylation sites is 1. The van der Waals surface area contributed by atoms with E-state index in [-0.39, 0.29) is 17.9 Å². The fourth-order valence-electron chi connectivity index (χ4n) is 2.86. The van der Waals surface area contributed by atoms with Crippen LogP contribution in [0.3, 0.4) is 0 Å². The number of hydrogen-bond acceptors (Lipinski definition) is 3. The van der Waals surface area contributed by atoms with Crippen LogP contribution in [0.4, 0.5) is 5.69 Å². The third-order valence-corrected chi connectivity index (χ3v) is 4.38. The van der Waals surface area contributed by atoms with Crippen LogP contribution in [0.25, 0.3) is 0 Å². The van der Waals surface area contributed by atoms with Crippen molar-refractivity contribution in [2.24, 2.45) is 17.1 Å². The van der Waals surface area contributed by atoms with E-state index in [4.69, 9.17) is 5.73 Å². The van der Waals surface area contributed by atoms with Crippen molar-refractivity contribution >= 4 is 17.5 Å². The fourth-order valence-corrected chi connectivity index (χ4v) is 2.86. The first-order chi connectivity index (χ1) is 10.8. The molecule has 1 aliphatic carbocycles. The molecule has 1 aromatic carbocycles. The standard InChI is InChI=1S/C18H27N3O2/c1-18(2,3)17(23)21-15-9-5-4-8-13(15)16(22)20-14-10-6-7-12(14)11-19/h4-5,8-9,12,14H,6-7,10-11,19H2,1-3H3,(H,20,22)(H,21,23). The molecule has 0 saturated heterocycles. The van der Waals surface area contributed by atoms with Crippen LogP contribution in [0, 0.1) is 11.3 Å². The number of carbonyl (C=O) groups is 2. The lowest BCUT2D eigenvalue weighted by Gasteiger charge is -2.22. The molecule has 0 radical (unpaired) electrons. The van der Waals surface area contributed by atoms with Crippen LogP contribution >= 0.6 is 0 Å². The summed E-state index contributed by atoms with van der Waals surface area (Å²) in [6.45, 7) is 6.12. The van der Waals surface area contributed by atoms with Gasteiger partial charge >= 0.3 is 0 Å². The van der Waals surface area contributed by atoms with Gasteiger partial charge in [-0.2, -0.15) is 0 Å². The molecule has 1 saturated carbocycles. The molecule has 1 fully saturated rings. The van der Waals surface area contributed by atoms with Gasteiger partial charge in [0.2, 0.25) is 5.91 Å². The maximum absolute atomic E-state index is 12.6. The lowest BCUT2D eigenvalue weighted by Crippen LogP contribution is -2.40. The Bertz CT molecular complexity index is 578. The van der Waals surface area contributed by atoms with Gasteiger partial charge < -0.3 is 16.4 Å². The van der Waals surface area contributed by atoms with Crippen molar-refractivity contribution in [3.05, 3.63) is 29.8 Å². The molecule has 2 rings (SSSR count). The lowest BCUT2D eigenvalue weighted by atomic mass is 9.95. The zero-order chi connectivity index (χ0) is 17.0. The van der Waals surface area contributed by atoms with Crippen LogP contribution in [0.1, 0.15) is 50.4 Å². The van der Waals surface area contributed by atoms with Crippen molar-refractivity contribution in [1.82, 2.24) is 5.32 Å². The van der Waals surface area contributed by atoms with Crippen molar-refractivity contribution in [3.63, 3.8) is 0 Å². The van der Waals surface area contributed by atoms with Gasteiger partial charge in [-0.3, -0.25) is 9.59 Å². The minimum atomic E-state index is -0.514. The Kier molecular flexibility index (Phi) is 5.42. The van der Waals surface area contributed by atoms with E-state index in [1.165, 1.54) is 0 Å². The average Bonchev–Trinajstić information content (AvgIpc) is 2.93. The summed E-state index contributed by atoms with van der Waals surface area (Å²) in [5, 5.41) is 5.94. The third kappa shape index (κ3) is 4.32. The van der Waals surface area contributed by atoms with Crippen LogP contribution in [0.2, 0.25) is 0 Å². The summed E-state index contributed by atoms with van der Waals surface area (Å²) in [4.78, 5) is 24.8. The zero-order valence-corrected chi connectivity index (χ0v) is 14.2. The molecule has 2 atom stereocenters. The highest BCUT2D eigenvalue weighted by molar-refractivity contribution is 6.04. The molecule has 0 aromatic heterocycles. The molecule has 2 amide bonds. The molecular formula is C18H27N3O2. The van der Waals surface area contributed by atoms with Crippen LogP contribution in [-0.2, 0) is 4.79 Å². The number of hydrogen-bond donors (Lipinski definition) is 3. The number of nitrogens with two attached hydrogens (primary N) is 1. The van der Waals surface area contributed by atoms with Crippen LogP contribution in [-0.4, -0.2) is 24.4 Å². The van der Waals surface area contributed by atoms with Crippen LogP contribution in [0.15, 0.2) is 24.3 Å². The molecule has 5 heteroatoms. The van der Waals surface area contributed by atoms with Crippen molar-refractivity contribution < 1.29 is 9.59 Å². The minimum absolute atomic E-state index is 0.113. The Morgan fingerprint density at radius 3 is 2.57 bits per heavy atom. The maximum atomic E-state index is 12.6. The van der Waals surface area contributed by atoms with Gasteiger partial charge in [-0.05, 0) is 37.4 Å². The molecule has 23 heavy (non-hydrogen) atoms. The molecule has 0 aliphatic heterocycles. The Hall–Kier alpha value is -1.88. The smallest absolute Gasteiger partial charge is 0.253 e. The summed E-state index contributed by atoms with van der Waals surface area (Å²) in [7, 11) is 0. The first-order valence-electron chi connectivity index (χ1n) is 8.24. The Labute approximate surface area is 138 Å². The van der Waals surface area contributed by atoms with E-state index < -0.39 is 5.41 Å². The number of anilines is 1. The second kappa shape index (κ2) is 7.13. The predicted molar refractivity (Wildman–Crippen MR) is 92.2 cm³/mol. The third-order valence-electron chi connectivity index (χ3n) is 4.38. The number of carbonyl (C=O) groups excluding carboxylic acids is 2. The van der Waals surface area contributed by atoms with E-state index >= 15 is 0 Å². The van der Waals surface area contributed by atoms with Gasteiger partial charge in [0.15, 0.2) is 0 Å². The molecular weight excluding hydrogens is 290 g/mol. The predicted octanol–water partition coefficient (Wildman–Crippen LogP) is 2.53. The van der Waals surface area contributed by atoms with E-state index in [0.717, 1.165) is 19.3 Å². The summed E-state index contributed by atoms with van der Waals surface area (Å²) in [6.07, 6.45) is 3.11. The summed E-state index contributed by atoms with van der Waals surface area (Å²) in [5.41, 5.74) is 6.30. The highest BCUT2D eigenvalue weighted by Gasteiger charge is 2.28. The number of nitrogens with one attached hydrogen (secondary N) is 2. The SMILES string of the molecule is CC(C)(C)C(=O)Nc1ccccc1C(=O)NC1CCCC1CN. The van der Waals surface area contributed by atoms with Crippen molar-refractivity contribution in [2.75, 3.05) is 11.9 Å². The molecule has 0 bridgehead atoms. The fraction of sp³-hybridized carbons (Fsp3) is 0.556. The van der Waals surface area contributed by atoms with E-state index in [1.54, 1.807) is 18.2 Å². The zero-order valence-electron chi connectivity index (χ0n) is 14.2. The second-order valence-electron chi connectivity index (χ2n) is 7.26. The topological polar surface area (TPSA) is 84.2 Å². The maximum Gasteiger partial charge on any atom is 0.253 e. The lowest BCUT2D eigenvalue weighted by molar-refractivity contribution is -0.123. The molecule has 126 valence electrons. The van der Waals surface area contributed by atoms with Gasteiger partial charge in [-0.15, -0.1) is 0 Å². The number of amides is 2. The van der Waals surface area contributed by atoms with Gasteiger partial charge in [0.1, 0.15) is 0 Å². The Balaban J connectivity index is 2.13. The van der Waals surface area contributed by atoms with Gasteiger partial charge in [0, 0.05) is 11.5 Å². The molecule has 1 aromatic rings. The van der Waals surface area contributed by atoms with Crippen molar-refractivity contribution in [2.45, 2.75) is 46.1 Å². The Morgan fingerprint density at radius 1 is 1.22 bits per heavy atom. The first kappa shape index (κ1) is 17.5. The van der Waals surface area contributed by atoms with Crippen molar-refractivity contribution in [1.29, 1.82) is 0 Å². The highest BCUT2D eigenvalue weighted by Crippen LogP contribution is 2.26. The van der Waals surface area contributed by atoms with E-state index in [0.29, 0.717) is 23.7 Å². The van der Waals surface area contributed by atoms with E-state index in [1.807, 2.05) is 26.8 Å². The van der Waals surface area contributed by atoms with Crippen LogP contribution < -0.4 is 16.4 Å². The monoisotopic (exact) mass is 317 g/mol. The first-order valence-corrected chi connectivity index (χ1v) is 8.24. The van der Waals surface area contributed by atoms with E-state index in [9.17, 15) is 9.59 Å². The normalized spacial score (nSPS) is 21.0. The second-order valence-corrected chi connectivity index (χ2v) is 7.26. The van der Waals surface area contributed by atoms with Gasteiger partial charge in [0.25, 0.3) is 5.91 Å². The Morgan fingerprint density at radius 2 is 1.91 bits per heavy atom. The number of rotatable bonds is 4. The molecule has 0 heterocycles. The largest absolute Gasteiger partial charge is 0.349 e. The van der Waals surface area contributed by atoms with Gasteiger partial charge in [-0.25, -0.2) is 0 Å². The summed E-state index contributed by atoms with van der Waals surface area (Å²) in [5.74, 6) is 0.0777. The van der Waals surface area contributed by atoms with E-state index in [2.05, 4.69) is 10.6 Å².